The lowest BCUT2D eigenvalue weighted by molar-refractivity contribution is -0.135. The number of aromatic amines is 1. The molecular weight excluding hydrogens is 332 g/mol. The van der Waals surface area contributed by atoms with E-state index in [2.05, 4.69) is 4.98 Å². The molecule has 1 saturated carbocycles. The number of carbonyl (C=O) groups is 1. The molecule has 1 aromatic heterocycles. The highest BCUT2D eigenvalue weighted by Crippen LogP contribution is 2.22. The summed E-state index contributed by atoms with van der Waals surface area (Å²) in [6.45, 7) is 0.0547. The molecule has 0 aliphatic heterocycles. The molecule has 1 fully saturated rings. The van der Waals surface area contributed by atoms with E-state index >= 15 is 0 Å². The first-order valence-corrected chi connectivity index (χ1v) is 9.22. The van der Waals surface area contributed by atoms with Crippen molar-refractivity contribution in [2.24, 2.45) is 0 Å². The predicted molar refractivity (Wildman–Crippen MR) is 100 cm³/mol. The first-order valence-electron chi connectivity index (χ1n) is 9.22. The standard InChI is InChI=1S/C20H26N2O4/c1-22(15-5-3-2-4-6-15)20(25)12-16(23)13-26-17-8-9-18-14(11-17)7-10-19(24)21-18/h7-11,15-16,23H,2-6,12-13H2,1H3,(H,21,24). The number of aliphatic hydroxyl groups excluding tert-OH is 1. The number of nitrogens with zero attached hydrogens (tertiary/aromatic N) is 1. The van der Waals surface area contributed by atoms with E-state index in [-0.39, 0.29) is 24.5 Å². The molecule has 0 bridgehead atoms. The smallest absolute Gasteiger partial charge is 0.248 e. The number of nitrogens with one attached hydrogen (secondary N) is 1. The van der Waals surface area contributed by atoms with Crippen LogP contribution in [0, 0.1) is 0 Å². The largest absolute Gasteiger partial charge is 0.491 e. The molecule has 6 heteroatoms. The zero-order valence-electron chi connectivity index (χ0n) is 15.1. The van der Waals surface area contributed by atoms with Gasteiger partial charge in [-0.05, 0) is 37.1 Å². The topological polar surface area (TPSA) is 82.6 Å². The van der Waals surface area contributed by atoms with Crippen LogP contribution in [0.15, 0.2) is 35.1 Å². The van der Waals surface area contributed by atoms with Crippen molar-refractivity contribution in [2.75, 3.05) is 13.7 Å². The fourth-order valence-electron chi connectivity index (χ4n) is 3.49. The van der Waals surface area contributed by atoms with Crippen molar-refractivity contribution >= 4 is 16.8 Å². The summed E-state index contributed by atoms with van der Waals surface area (Å²) in [7, 11) is 1.83. The number of carbonyl (C=O) groups excluding carboxylic acids is 1. The predicted octanol–water partition coefficient (Wildman–Crippen LogP) is 2.45. The number of amides is 1. The van der Waals surface area contributed by atoms with E-state index in [1.807, 2.05) is 7.05 Å². The average molecular weight is 358 g/mol. The number of hydrogen-bond donors (Lipinski definition) is 2. The number of aliphatic hydroxyl groups is 1. The van der Waals surface area contributed by atoms with Gasteiger partial charge in [0.2, 0.25) is 11.5 Å². The van der Waals surface area contributed by atoms with Gasteiger partial charge in [0.25, 0.3) is 0 Å². The second kappa shape index (κ2) is 8.36. The maximum Gasteiger partial charge on any atom is 0.248 e. The van der Waals surface area contributed by atoms with Gasteiger partial charge in [-0.25, -0.2) is 0 Å². The third-order valence-corrected chi connectivity index (χ3v) is 5.06. The molecule has 6 nitrogen and oxygen atoms in total. The number of rotatable bonds is 6. The molecule has 140 valence electrons. The van der Waals surface area contributed by atoms with E-state index in [1.165, 1.54) is 25.3 Å². The van der Waals surface area contributed by atoms with Gasteiger partial charge in [0, 0.05) is 30.1 Å². The second-order valence-corrected chi connectivity index (χ2v) is 7.04. The van der Waals surface area contributed by atoms with E-state index in [4.69, 9.17) is 4.74 Å². The second-order valence-electron chi connectivity index (χ2n) is 7.04. The van der Waals surface area contributed by atoms with E-state index in [0.717, 1.165) is 23.7 Å². The molecule has 1 aromatic carbocycles. The first-order chi connectivity index (χ1) is 12.5. The number of hydrogen-bond acceptors (Lipinski definition) is 4. The number of ether oxygens (including phenoxy) is 1. The molecule has 26 heavy (non-hydrogen) atoms. The van der Waals surface area contributed by atoms with Crippen LogP contribution in [0.25, 0.3) is 10.9 Å². The molecule has 1 heterocycles. The van der Waals surface area contributed by atoms with Gasteiger partial charge >= 0.3 is 0 Å². The minimum absolute atomic E-state index is 0.0379. The van der Waals surface area contributed by atoms with Crippen LogP contribution in [-0.4, -0.2) is 46.7 Å². The SMILES string of the molecule is CN(C(=O)CC(O)COc1ccc2[nH]c(=O)ccc2c1)C1CCCCC1. The Kier molecular flexibility index (Phi) is 5.93. The Hall–Kier alpha value is -2.34. The molecule has 1 amide bonds. The van der Waals surface area contributed by atoms with Crippen molar-refractivity contribution in [2.45, 2.75) is 50.7 Å². The van der Waals surface area contributed by atoms with Crippen LogP contribution < -0.4 is 10.3 Å². The molecule has 0 spiro atoms. The fraction of sp³-hybridized carbons (Fsp3) is 0.500. The monoisotopic (exact) mass is 358 g/mol. The summed E-state index contributed by atoms with van der Waals surface area (Å²) in [4.78, 5) is 28.2. The molecule has 1 unspecified atom stereocenters. The van der Waals surface area contributed by atoms with E-state index in [0.29, 0.717) is 11.8 Å². The zero-order valence-corrected chi connectivity index (χ0v) is 15.1. The Balaban J connectivity index is 1.51. The summed E-state index contributed by atoms with van der Waals surface area (Å²) in [5.74, 6) is 0.556. The van der Waals surface area contributed by atoms with E-state index in [9.17, 15) is 14.7 Å². The van der Waals surface area contributed by atoms with Crippen molar-refractivity contribution in [3.8, 4) is 5.75 Å². The maximum absolute atomic E-state index is 12.3. The Morgan fingerprint density at radius 3 is 2.81 bits per heavy atom. The number of pyridine rings is 1. The van der Waals surface area contributed by atoms with Gasteiger partial charge in [-0.3, -0.25) is 9.59 Å². The third-order valence-electron chi connectivity index (χ3n) is 5.06. The summed E-state index contributed by atoms with van der Waals surface area (Å²) in [6, 6.07) is 8.78. The van der Waals surface area contributed by atoms with Crippen molar-refractivity contribution < 1.29 is 14.6 Å². The molecule has 0 saturated heterocycles. The van der Waals surface area contributed by atoms with Crippen LogP contribution in [0.2, 0.25) is 0 Å². The van der Waals surface area contributed by atoms with E-state index in [1.54, 1.807) is 29.2 Å². The molecule has 2 N–H and O–H groups in total. The Morgan fingerprint density at radius 2 is 2.04 bits per heavy atom. The van der Waals surface area contributed by atoms with E-state index < -0.39 is 6.10 Å². The van der Waals surface area contributed by atoms with Crippen molar-refractivity contribution in [1.82, 2.24) is 9.88 Å². The summed E-state index contributed by atoms with van der Waals surface area (Å²) in [5, 5.41) is 11.0. The highest BCUT2D eigenvalue weighted by molar-refractivity contribution is 5.79. The maximum atomic E-state index is 12.3. The fourth-order valence-corrected chi connectivity index (χ4v) is 3.49. The minimum Gasteiger partial charge on any atom is -0.491 e. The molecule has 1 aliphatic carbocycles. The average Bonchev–Trinajstić information content (AvgIpc) is 2.66. The highest BCUT2D eigenvalue weighted by atomic mass is 16.5. The van der Waals surface area contributed by atoms with Crippen LogP contribution in [0.5, 0.6) is 5.75 Å². The zero-order chi connectivity index (χ0) is 18.5. The van der Waals surface area contributed by atoms with Gasteiger partial charge in [0.1, 0.15) is 12.4 Å². The molecule has 0 radical (unpaired) electrons. The van der Waals surface area contributed by atoms with Crippen molar-refractivity contribution in [1.29, 1.82) is 0 Å². The Bertz CT molecular complexity index is 811. The van der Waals surface area contributed by atoms with Crippen LogP contribution in [0.3, 0.4) is 0 Å². The Labute approximate surface area is 152 Å². The highest BCUT2D eigenvalue weighted by Gasteiger charge is 2.23. The summed E-state index contributed by atoms with van der Waals surface area (Å²) >= 11 is 0. The molecule has 2 aromatic rings. The van der Waals surface area contributed by atoms with Crippen LogP contribution >= 0.6 is 0 Å². The van der Waals surface area contributed by atoms with Gasteiger partial charge < -0.3 is 19.7 Å². The number of aromatic nitrogens is 1. The first kappa shape index (κ1) is 18.5. The molecule has 1 aliphatic rings. The lowest BCUT2D eigenvalue weighted by atomic mass is 9.94. The quantitative estimate of drug-likeness (QED) is 0.831. The third kappa shape index (κ3) is 4.64. The van der Waals surface area contributed by atoms with Crippen molar-refractivity contribution in [3.05, 3.63) is 40.7 Å². The molecular formula is C20H26N2O4. The Morgan fingerprint density at radius 1 is 1.27 bits per heavy atom. The van der Waals surface area contributed by atoms with Gasteiger partial charge in [-0.15, -0.1) is 0 Å². The van der Waals surface area contributed by atoms with Crippen molar-refractivity contribution in [3.63, 3.8) is 0 Å². The lowest BCUT2D eigenvalue weighted by Crippen LogP contribution is -2.40. The van der Waals surface area contributed by atoms with Gasteiger partial charge in [0.15, 0.2) is 0 Å². The van der Waals surface area contributed by atoms with Crippen LogP contribution in [0.1, 0.15) is 38.5 Å². The van der Waals surface area contributed by atoms with Crippen LogP contribution in [-0.2, 0) is 4.79 Å². The summed E-state index contributed by atoms with van der Waals surface area (Å²) in [5.41, 5.74) is 0.580. The normalized spacial score (nSPS) is 16.4. The molecule has 3 rings (SSSR count). The summed E-state index contributed by atoms with van der Waals surface area (Å²) < 4.78 is 5.62. The van der Waals surface area contributed by atoms with Gasteiger partial charge in [-0.2, -0.15) is 0 Å². The lowest BCUT2D eigenvalue weighted by Gasteiger charge is -2.31. The summed E-state index contributed by atoms with van der Waals surface area (Å²) in [6.07, 6.45) is 4.90. The van der Waals surface area contributed by atoms with Crippen LogP contribution in [0.4, 0.5) is 0 Å². The number of fused-ring (bicyclic) bond motifs is 1. The number of benzene rings is 1. The minimum atomic E-state index is -0.847. The van der Waals surface area contributed by atoms with Gasteiger partial charge in [0.05, 0.1) is 12.5 Å². The van der Waals surface area contributed by atoms with Gasteiger partial charge in [-0.1, -0.05) is 19.3 Å². The number of H-pyrrole nitrogens is 1. The molecule has 1 atom stereocenters.